The third-order valence-corrected chi connectivity index (χ3v) is 4.01. The minimum Gasteiger partial charge on any atom is -0.389 e. The van der Waals surface area contributed by atoms with Crippen LogP contribution in [0.4, 0.5) is 0 Å². The Bertz CT molecular complexity index is 220. The van der Waals surface area contributed by atoms with E-state index in [0.29, 0.717) is 25.1 Å². The second-order valence-electron chi connectivity index (χ2n) is 5.93. The van der Waals surface area contributed by atoms with Crippen LogP contribution in [-0.4, -0.2) is 50.2 Å². The normalized spacial score (nSPS) is 22.6. The van der Waals surface area contributed by atoms with E-state index >= 15 is 0 Å². The van der Waals surface area contributed by atoms with Crippen LogP contribution in [0.5, 0.6) is 0 Å². The molecule has 0 aromatic heterocycles. The van der Waals surface area contributed by atoms with Crippen LogP contribution in [0.2, 0.25) is 0 Å². The number of nitrogens with one attached hydrogen (secondary N) is 1. The summed E-state index contributed by atoms with van der Waals surface area (Å²) in [5.74, 6) is 0.641. The first-order chi connectivity index (χ1) is 9.76. The number of unbranched alkanes of at least 4 members (excludes halogenated alkanes) is 1. The van der Waals surface area contributed by atoms with Crippen LogP contribution in [-0.2, 0) is 9.47 Å². The summed E-state index contributed by atoms with van der Waals surface area (Å²) in [5.41, 5.74) is 0. The molecule has 0 spiro atoms. The third-order valence-electron chi connectivity index (χ3n) is 4.01. The fourth-order valence-electron chi connectivity index (χ4n) is 2.53. The van der Waals surface area contributed by atoms with E-state index in [0.717, 1.165) is 39.1 Å². The molecule has 0 saturated carbocycles. The monoisotopic (exact) mass is 287 g/mol. The van der Waals surface area contributed by atoms with E-state index in [1.54, 1.807) is 0 Å². The smallest absolute Gasteiger partial charge is 0.0897 e. The molecule has 1 heterocycles. The molecule has 1 aliphatic rings. The van der Waals surface area contributed by atoms with Gasteiger partial charge in [0.1, 0.15) is 0 Å². The van der Waals surface area contributed by atoms with Crippen molar-refractivity contribution in [1.82, 2.24) is 5.32 Å². The molecule has 1 rings (SSSR count). The van der Waals surface area contributed by atoms with Gasteiger partial charge in [0.05, 0.1) is 19.3 Å². The molecule has 0 aromatic carbocycles. The lowest BCUT2D eigenvalue weighted by Gasteiger charge is -2.24. The number of hydrogen-bond acceptors (Lipinski definition) is 4. The van der Waals surface area contributed by atoms with E-state index in [1.165, 1.54) is 19.3 Å². The molecule has 4 nitrogen and oxygen atoms in total. The van der Waals surface area contributed by atoms with E-state index in [4.69, 9.17) is 9.47 Å². The molecule has 1 fully saturated rings. The van der Waals surface area contributed by atoms with Gasteiger partial charge in [0.15, 0.2) is 0 Å². The maximum Gasteiger partial charge on any atom is 0.0897 e. The summed E-state index contributed by atoms with van der Waals surface area (Å²) < 4.78 is 11.1. The average molecular weight is 287 g/mol. The first-order valence-electron chi connectivity index (χ1n) is 8.33. The Hall–Kier alpha value is -0.160. The van der Waals surface area contributed by atoms with Crippen LogP contribution in [0, 0.1) is 5.92 Å². The molecular formula is C16H33NO3. The Labute approximate surface area is 124 Å². The SMILES string of the molecule is CCCCC(CC)COCC(O)CNC1CCCOC1. The Morgan fingerprint density at radius 3 is 2.85 bits per heavy atom. The van der Waals surface area contributed by atoms with E-state index in [9.17, 15) is 5.11 Å². The van der Waals surface area contributed by atoms with Crippen LogP contribution in [0.1, 0.15) is 52.4 Å². The highest BCUT2D eigenvalue weighted by atomic mass is 16.5. The van der Waals surface area contributed by atoms with Crippen molar-refractivity contribution in [2.24, 2.45) is 5.92 Å². The highest BCUT2D eigenvalue weighted by Gasteiger charge is 2.15. The maximum atomic E-state index is 9.91. The van der Waals surface area contributed by atoms with Crippen LogP contribution >= 0.6 is 0 Å². The number of aliphatic hydroxyl groups excluding tert-OH is 1. The van der Waals surface area contributed by atoms with Crippen molar-refractivity contribution in [3.8, 4) is 0 Å². The fraction of sp³-hybridized carbons (Fsp3) is 1.00. The lowest BCUT2D eigenvalue weighted by molar-refractivity contribution is 0.0130. The second-order valence-corrected chi connectivity index (χ2v) is 5.93. The standard InChI is InChI=1S/C16H33NO3/c1-3-5-7-14(4-2)11-20-13-16(18)10-17-15-8-6-9-19-12-15/h14-18H,3-13H2,1-2H3. The molecule has 1 aliphatic heterocycles. The van der Waals surface area contributed by atoms with Gasteiger partial charge in [-0.1, -0.05) is 33.1 Å². The summed E-state index contributed by atoms with van der Waals surface area (Å²) in [6.45, 7) is 7.88. The summed E-state index contributed by atoms with van der Waals surface area (Å²) in [6, 6.07) is 0.395. The van der Waals surface area contributed by atoms with Gasteiger partial charge in [-0.15, -0.1) is 0 Å². The molecule has 4 heteroatoms. The van der Waals surface area contributed by atoms with Crippen LogP contribution in [0.15, 0.2) is 0 Å². The maximum absolute atomic E-state index is 9.91. The van der Waals surface area contributed by atoms with Crippen LogP contribution in [0.3, 0.4) is 0 Å². The third kappa shape index (κ3) is 8.20. The topological polar surface area (TPSA) is 50.7 Å². The Morgan fingerprint density at radius 2 is 2.20 bits per heavy atom. The number of rotatable bonds is 11. The highest BCUT2D eigenvalue weighted by Crippen LogP contribution is 2.13. The summed E-state index contributed by atoms with van der Waals surface area (Å²) >= 11 is 0. The minimum atomic E-state index is -0.416. The Morgan fingerprint density at radius 1 is 1.35 bits per heavy atom. The summed E-state index contributed by atoms with van der Waals surface area (Å²) in [7, 11) is 0. The first kappa shape index (κ1) is 17.9. The molecule has 20 heavy (non-hydrogen) atoms. The predicted octanol–water partition coefficient (Wildman–Crippen LogP) is 2.35. The molecule has 0 bridgehead atoms. The molecule has 3 unspecified atom stereocenters. The lowest BCUT2D eigenvalue weighted by Crippen LogP contribution is -2.42. The molecule has 0 aromatic rings. The van der Waals surface area contributed by atoms with Gasteiger partial charge in [0.25, 0.3) is 0 Å². The Kier molecular flexibility index (Phi) is 10.3. The van der Waals surface area contributed by atoms with Crippen molar-refractivity contribution < 1.29 is 14.6 Å². The molecule has 0 amide bonds. The van der Waals surface area contributed by atoms with Gasteiger partial charge in [-0.05, 0) is 25.2 Å². The van der Waals surface area contributed by atoms with Crippen molar-refractivity contribution in [2.75, 3.05) is 33.0 Å². The molecule has 0 aliphatic carbocycles. The van der Waals surface area contributed by atoms with Gasteiger partial charge in [-0.2, -0.15) is 0 Å². The van der Waals surface area contributed by atoms with Gasteiger partial charge in [-0.25, -0.2) is 0 Å². The molecule has 1 saturated heterocycles. The van der Waals surface area contributed by atoms with Gasteiger partial charge < -0.3 is 19.9 Å². The summed E-state index contributed by atoms with van der Waals surface area (Å²) in [6.07, 6.45) is 6.75. The lowest BCUT2D eigenvalue weighted by atomic mass is 10.0. The van der Waals surface area contributed by atoms with E-state index < -0.39 is 6.10 Å². The van der Waals surface area contributed by atoms with E-state index in [2.05, 4.69) is 19.2 Å². The molecule has 2 N–H and O–H groups in total. The number of ether oxygens (including phenoxy) is 2. The first-order valence-corrected chi connectivity index (χ1v) is 8.33. The zero-order valence-electron chi connectivity index (χ0n) is 13.3. The van der Waals surface area contributed by atoms with Gasteiger partial charge in [-0.3, -0.25) is 0 Å². The Balaban J connectivity index is 2.02. The highest BCUT2D eigenvalue weighted by molar-refractivity contribution is 4.72. The number of aliphatic hydroxyl groups is 1. The van der Waals surface area contributed by atoms with Crippen molar-refractivity contribution in [3.05, 3.63) is 0 Å². The predicted molar refractivity (Wildman–Crippen MR) is 82.0 cm³/mol. The van der Waals surface area contributed by atoms with Gasteiger partial charge >= 0.3 is 0 Å². The van der Waals surface area contributed by atoms with Crippen molar-refractivity contribution in [2.45, 2.75) is 64.5 Å². The second kappa shape index (κ2) is 11.5. The minimum absolute atomic E-state index is 0.395. The molecule has 3 atom stereocenters. The zero-order valence-corrected chi connectivity index (χ0v) is 13.3. The van der Waals surface area contributed by atoms with Crippen molar-refractivity contribution in [3.63, 3.8) is 0 Å². The zero-order chi connectivity index (χ0) is 14.6. The van der Waals surface area contributed by atoms with E-state index in [1.807, 2.05) is 0 Å². The van der Waals surface area contributed by atoms with Crippen LogP contribution in [0.25, 0.3) is 0 Å². The quantitative estimate of drug-likeness (QED) is 0.612. The summed E-state index contributed by atoms with van der Waals surface area (Å²) in [4.78, 5) is 0. The largest absolute Gasteiger partial charge is 0.389 e. The fourth-order valence-corrected chi connectivity index (χ4v) is 2.53. The van der Waals surface area contributed by atoms with Crippen LogP contribution < -0.4 is 5.32 Å². The van der Waals surface area contributed by atoms with Gasteiger partial charge in [0.2, 0.25) is 0 Å². The summed E-state index contributed by atoms with van der Waals surface area (Å²) in [5, 5.41) is 13.3. The number of hydrogen-bond donors (Lipinski definition) is 2. The van der Waals surface area contributed by atoms with Crippen molar-refractivity contribution >= 4 is 0 Å². The van der Waals surface area contributed by atoms with E-state index in [-0.39, 0.29) is 0 Å². The van der Waals surface area contributed by atoms with Crippen molar-refractivity contribution in [1.29, 1.82) is 0 Å². The average Bonchev–Trinajstić information content (AvgIpc) is 2.49. The van der Waals surface area contributed by atoms with Gasteiger partial charge in [0, 0.05) is 25.8 Å². The molecular weight excluding hydrogens is 254 g/mol. The molecule has 120 valence electrons. The molecule has 0 radical (unpaired) electrons.